The minimum Gasteiger partial charge on any atom is -0.315 e. The summed E-state index contributed by atoms with van der Waals surface area (Å²) in [5.41, 5.74) is 6.81. The van der Waals surface area contributed by atoms with Gasteiger partial charge in [-0.3, -0.25) is 4.90 Å². The third-order valence-corrected chi connectivity index (χ3v) is 4.96. The van der Waals surface area contributed by atoms with Crippen molar-refractivity contribution in [2.45, 2.75) is 18.9 Å². The molecule has 24 heavy (non-hydrogen) atoms. The topological polar surface area (TPSA) is 45.4 Å². The van der Waals surface area contributed by atoms with Gasteiger partial charge in [-0.05, 0) is 18.2 Å². The number of halogens is 5. The molecule has 1 aliphatic rings. The number of aromatic nitrogens is 1. The molecule has 10 heteroatoms. The number of nitrogens with two attached hydrogens (primary N) is 1. The second-order valence-electron chi connectivity index (χ2n) is 5.48. The van der Waals surface area contributed by atoms with Crippen LogP contribution in [0.2, 0.25) is 0 Å². The van der Waals surface area contributed by atoms with E-state index in [1.165, 1.54) is 23.5 Å². The van der Waals surface area contributed by atoms with E-state index in [1.807, 2.05) is 4.90 Å². The summed E-state index contributed by atoms with van der Waals surface area (Å²) in [7, 11) is 0. The highest BCUT2D eigenvalue weighted by Crippen LogP contribution is 2.25. The van der Waals surface area contributed by atoms with E-state index >= 15 is 0 Å². The van der Waals surface area contributed by atoms with Crippen LogP contribution < -0.4 is 5.73 Å². The molecule has 0 amide bonds. The lowest BCUT2D eigenvalue weighted by Crippen LogP contribution is -2.56. The number of fused-ring (bicyclic) bond motifs is 1. The first-order valence-electron chi connectivity index (χ1n) is 7.19. The van der Waals surface area contributed by atoms with Gasteiger partial charge in [-0.25, -0.2) is 14.3 Å². The van der Waals surface area contributed by atoms with Gasteiger partial charge >= 0.3 is 6.30 Å². The van der Waals surface area contributed by atoms with Crippen LogP contribution in [0.15, 0.2) is 18.2 Å². The van der Waals surface area contributed by atoms with Crippen LogP contribution in [-0.2, 0) is 6.42 Å². The van der Waals surface area contributed by atoms with Crippen LogP contribution in [0.1, 0.15) is 5.01 Å². The normalized spacial score (nSPS) is 18.5. The summed E-state index contributed by atoms with van der Waals surface area (Å²) >= 11 is 1.36. The molecule has 1 aromatic carbocycles. The quantitative estimate of drug-likeness (QED) is 0.602. The van der Waals surface area contributed by atoms with Crippen LogP contribution in [0, 0.1) is 5.82 Å². The van der Waals surface area contributed by atoms with Gasteiger partial charge in [0.05, 0.1) is 21.4 Å². The predicted octanol–water partition coefficient (Wildman–Crippen LogP) is 2.98. The van der Waals surface area contributed by atoms with Crippen molar-refractivity contribution in [3.05, 3.63) is 29.0 Å². The highest BCUT2D eigenvalue weighted by atomic mass is 79.9. The monoisotopic (exact) mass is 428 g/mol. The molecule has 1 saturated heterocycles. The van der Waals surface area contributed by atoms with E-state index in [1.54, 1.807) is 6.07 Å². The highest BCUT2D eigenvalue weighted by Gasteiger charge is 2.39. The molecule has 134 valence electrons. The number of thiazole rings is 1. The Hall–Kier alpha value is -0.810. The van der Waals surface area contributed by atoms with E-state index in [0.29, 0.717) is 16.8 Å². The molecule has 1 fully saturated rings. The van der Waals surface area contributed by atoms with Gasteiger partial charge in [0.15, 0.2) is 0 Å². The molecule has 0 spiro atoms. The molecule has 2 N–H and O–H groups in total. The molecule has 0 saturated carbocycles. The van der Waals surface area contributed by atoms with Gasteiger partial charge in [0.1, 0.15) is 5.82 Å². The lowest BCUT2D eigenvalue weighted by molar-refractivity contribution is -0.253. The molecule has 2 heterocycles. The highest BCUT2D eigenvalue weighted by molar-refractivity contribution is 8.93. The van der Waals surface area contributed by atoms with Gasteiger partial charge in [0.2, 0.25) is 0 Å². The van der Waals surface area contributed by atoms with Crippen molar-refractivity contribution < 1.29 is 17.6 Å². The molecular formula is C14H17BrF4N4S. The van der Waals surface area contributed by atoms with Crippen LogP contribution in [0.4, 0.5) is 17.6 Å². The van der Waals surface area contributed by atoms with Crippen LogP contribution in [0.3, 0.4) is 0 Å². The van der Waals surface area contributed by atoms with Crippen LogP contribution in [0.5, 0.6) is 0 Å². The maximum absolute atomic E-state index is 13.2. The molecule has 1 atom stereocenters. The van der Waals surface area contributed by atoms with Crippen molar-refractivity contribution in [3.8, 4) is 0 Å². The Labute approximate surface area is 151 Å². The largest absolute Gasteiger partial charge is 0.460 e. The molecule has 0 radical (unpaired) electrons. The Kier molecular flexibility index (Phi) is 6.19. The zero-order valence-electron chi connectivity index (χ0n) is 12.6. The SMILES string of the molecule is Br.NC(Cc1nc2ccc(F)cc2s1)N1CCN(C(F)(F)F)CC1. The molecular weight excluding hydrogens is 412 g/mol. The number of alkyl halides is 3. The third kappa shape index (κ3) is 4.42. The smallest absolute Gasteiger partial charge is 0.315 e. The zero-order valence-corrected chi connectivity index (χ0v) is 15.1. The van der Waals surface area contributed by atoms with Gasteiger partial charge in [0, 0.05) is 32.6 Å². The van der Waals surface area contributed by atoms with E-state index in [-0.39, 0.29) is 49.0 Å². The van der Waals surface area contributed by atoms with Crippen molar-refractivity contribution in [2.75, 3.05) is 26.2 Å². The summed E-state index contributed by atoms with van der Waals surface area (Å²) in [5.74, 6) is -0.319. The Bertz CT molecular complexity index is 685. The minimum absolute atomic E-state index is 0. The van der Waals surface area contributed by atoms with E-state index in [9.17, 15) is 17.6 Å². The van der Waals surface area contributed by atoms with Crippen LogP contribution >= 0.6 is 28.3 Å². The van der Waals surface area contributed by atoms with Gasteiger partial charge in [-0.2, -0.15) is 13.2 Å². The summed E-state index contributed by atoms with van der Waals surface area (Å²) in [6.45, 7) is 0.366. The predicted molar refractivity (Wildman–Crippen MR) is 90.8 cm³/mol. The molecule has 1 aliphatic heterocycles. The first-order valence-corrected chi connectivity index (χ1v) is 8.01. The molecule has 3 rings (SSSR count). The van der Waals surface area contributed by atoms with Crippen molar-refractivity contribution in [2.24, 2.45) is 5.73 Å². The fraction of sp³-hybridized carbons (Fsp3) is 0.500. The fourth-order valence-corrected chi connectivity index (χ4v) is 3.69. The molecule has 1 aromatic heterocycles. The average Bonchev–Trinajstić information content (AvgIpc) is 2.87. The Balaban J connectivity index is 0.00000208. The Morgan fingerprint density at radius 1 is 1.21 bits per heavy atom. The number of rotatable bonds is 3. The van der Waals surface area contributed by atoms with Crippen LogP contribution in [0.25, 0.3) is 10.2 Å². The number of hydrogen-bond acceptors (Lipinski definition) is 5. The van der Waals surface area contributed by atoms with E-state index in [0.717, 1.165) is 9.71 Å². The lowest BCUT2D eigenvalue weighted by atomic mass is 10.2. The van der Waals surface area contributed by atoms with E-state index in [4.69, 9.17) is 5.73 Å². The van der Waals surface area contributed by atoms with Gasteiger partial charge in [-0.1, -0.05) is 0 Å². The minimum atomic E-state index is -4.28. The van der Waals surface area contributed by atoms with Crippen molar-refractivity contribution >= 4 is 38.5 Å². The van der Waals surface area contributed by atoms with E-state index in [2.05, 4.69) is 4.98 Å². The molecule has 4 nitrogen and oxygen atoms in total. The first-order chi connectivity index (χ1) is 10.8. The number of hydrogen-bond donors (Lipinski definition) is 1. The fourth-order valence-electron chi connectivity index (χ4n) is 2.65. The molecule has 1 unspecified atom stereocenters. The molecule has 0 aliphatic carbocycles. The second kappa shape index (κ2) is 7.61. The number of benzene rings is 1. The Morgan fingerprint density at radius 3 is 2.50 bits per heavy atom. The lowest BCUT2D eigenvalue weighted by Gasteiger charge is -2.38. The summed E-state index contributed by atoms with van der Waals surface area (Å²) in [6, 6.07) is 4.38. The first kappa shape index (κ1) is 19.5. The molecule has 0 bridgehead atoms. The van der Waals surface area contributed by atoms with Crippen molar-refractivity contribution in [1.82, 2.24) is 14.8 Å². The summed E-state index contributed by atoms with van der Waals surface area (Å²) < 4.78 is 51.7. The second-order valence-corrected chi connectivity index (χ2v) is 6.60. The van der Waals surface area contributed by atoms with Gasteiger partial charge in [-0.15, -0.1) is 28.3 Å². The van der Waals surface area contributed by atoms with E-state index < -0.39 is 12.5 Å². The zero-order chi connectivity index (χ0) is 16.6. The summed E-state index contributed by atoms with van der Waals surface area (Å²) in [6.07, 6.45) is -4.24. The maximum atomic E-state index is 13.2. The van der Waals surface area contributed by atoms with Crippen LogP contribution in [-0.4, -0.2) is 53.4 Å². The summed E-state index contributed by atoms with van der Waals surface area (Å²) in [5, 5.41) is 0.761. The number of nitrogens with zero attached hydrogens (tertiary/aromatic N) is 3. The average molecular weight is 429 g/mol. The third-order valence-electron chi connectivity index (χ3n) is 3.92. The van der Waals surface area contributed by atoms with Crippen molar-refractivity contribution in [1.29, 1.82) is 0 Å². The van der Waals surface area contributed by atoms with Gasteiger partial charge < -0.3 is 5.73 Å². The summed E-state index contributed by atoms with van der Waals surface area (Å²) in [4.78, 5) is 6.72. The molecule has 2 aromatic rings. The standard InChI is InChI=1S/C14H16F4N4S.BrH/c15-9-1-2-10-11(7-9)23-13(20-10)8-12(19)21-3-5-22(6-4-21)14(16,17)18;/h1-2,7,12H,3-6,8,19H2;1H. The maximum Gasteiger partial charge on any atom is 0.460 e. The van der Waals surface area contributed by atoms with Gasteiger partial charge in [0.25, 0.3) is 0 Å². The Morgan fingerprint density at radius 2 is 1.88 bits per heavy atom. The van der Waals surface area contributed by atoms with Crippen molar-refractivity contribution in [3.63, 3.8) is 0 Å². The number of piperazine rings is 1.